The number of hydrogen-bond acceptors (Lipinski definition) is 6. The van der Waals surface area contributed by atoms with Gasteiger partial charge in [-0.3, -0.25) is 9.89 Å². The number of nitrogens with zero attached hydrogens (tertiary/aromatic N) is 4. The minimum Gasteiger partial charge on any atom is -0.459 e. The number of rotatable bonds is 4. The minimum absolute atomic E-state index is 0.0753. The summed E-state index contributed by atoms with van der Waals surface area (Å²) in [5.41, 5.74) is 9.99. The second-order valence-corrected chi connectivity index (χ2v) is 6.14. The lowest BCUT2D eigenvalue weighted by molar-refractivity contribution is 0.0975. The van der Waals surface area contributed by atoms with Gasteiger partial charge in [-0.05, 0) is 29.0 Å². The number of carbonyl (C=O) groups excluding carboxylic acids is 1. The zero-order valence-corrected chi connectivity index (χ0v) is 14.4. The van der Waals surface area contributed by atoms with Crippen molar-refractivity contribution in [2.24, 2.45) is 5.73 Å². The van der Waals surface area contributed by atoms with Crippen LogP contribution in [0.5, 0.6) is 0 Å². The molecule has 5 rings (SSSR count). The summed E-state index contributed by atoms with van der Waals surface area (Å²) in [4.78, 5) is 11.8. The molecule has 28 heavy (non-hydrogen) atoms. The number of primary amides is 1. The van der Waals surface area contributed by atoms with Crippen molar-refractivity contribution in [1.29, 1.82) is 0 Å². The first kappa shape index (κ1) is 15.9. The zero-order chi connectivity index (χ0) is 19.1. The van der Waals surface area contributed by atoms with E-state index in [2.05, 4.69) is 30.8 Å². The van der Waals surface area contributed by atoms with E-state index in [1.807, 2.05) is 42.5 Å². The molecule has 0 radical (unpaired) electrons. The molecule has 0 fully saturated rings. The van der Waals surface area contributed by atoms with Gasteiger partial charge in [0.25, 0.3) is 5.91 Å². The van der Waals surface area contributed by atoms with Crippen molar-refractivity contribution in [2.45, 2.75) is 0 Å². The first-order valence-electron chi connectivity index (χ1n) is 8.41. The van der Waals surface area contributed by atoms with E-state index in [4.69, 9.17) is 10.2 Å². The van der Waals surface area contributed by atoms with Gasteiger partial charge in [0.05, 0.1) is 11.8 Å². The van der Waals surface area contributed by atoms with Crippen LogP contribution < -0.4 is 5.73 Å². The molecule has 0 saturated carbocycles. The fourth-order valence-electron chi connectivity index (χ4n) is 3.28. The zero-order valence-electron chi connectivity index (χ0n) is 14.4. The van der Waals surface area contributed by atoms with Gasteiger partial charge >= 0.3 is 0 Å². The summed E-state index contributed by atoms with van der Waals surface area (Å²) >= 11 is 0. The molecule has 3 aromatic heterocycles. The maximum absolute atomic E-state index is 11.8. The van der Waals surface area contributed by atoms with Gasteiger partial charge in [-0.2, -0.15) is 10.3 Å². The Bertz CT molecular complexity index is 1300. The number of fused-ring (bicyclic) bond motifs is 1. The lowest BCUT2D eigenvalue weighted by Gasteiger charge is -2.09. The molecule has 0 bridgehead atoms. The average Bonchev–Trinajstić information content (AvgIpc) is 3.47. The van der Waals surface area contributed by atoms with Crippen LogP contribution in [0.3, 0.4) is 0 Å². The van der Waals surface area contributed by atoms with Gasteiger partial charge < -0.3 is 10.2 Å². The number of aromatic nitrogens is 6. The Morgan fingerprint density at radius 1 is 1.00 bits per heavy atom. The number of nitrogens with one attached hydrogen (secondary N) is 2. The summed E-state index contributed by atoms with van der Waals surface area (Å²) in [7, 11) is 0. The molecule has 0 spiro atoms. The van der Waals surface area contributed by atoms with E-state index >= 15 is 0 Å². The summed E-state index contributed by atoms with van der Waals surface area (Å²) in [5, 5.41) is 22.6. The number of carbonyl (C=O) groups is 1. The summed E-state index contributed by atoms with van der Waals surface area (Å²) in [6, 6.07) is 15.2. The molecule has 9 nitrogen and oxygen atoms in total. The summed E-state index contributed by atoms with van der Waals surface area (Å²) in [5.74, 6) is -0.141. The van der Waals surface area contributed by atoms with E-state index in [1.54, 1.807) is 6.07 Å². The number of benzene rings is 2. The van der Waals surface area contributed by atoms with Crippen LogP contribution in [0.25, 0.3) is 44.7 Å². The summed E-state index contributed by atoms with van der Waals surface area (Å²) in [6.45, 7) is 0. The highest BCUT2D eigenvalue weighted by Gasteiger charge is 2.21. The highest BCUT2D eigenvalue weighted by Crippen LogP contribution is 2.38. The quantitative estimate of drug-likeness (QED) is 0.444. The molecule has 9 heteroatoms. The van der Waals surface area contributed by atoms with Crippen LogP contribution in [0.4, 0.5) is 0 Å². The van der Waals surface area contributed by atoms with Crippen molar-refractivity contribution in [3.05, 3.63) is 60.6 Å². The van der Waals surface area contributed by atoms with Gasteiger partial charge in [0.1, 0.15) is 5.69 Å². The second-order valence-electron chi connectivity index (χ2n) is 6.14. The fourth-order valence-corrected chi connectivity index (χ4v) is 3.28. The van der Waals surface area contributed by atoms with E-state index in [-0.39, 0.29) is 5.76 Å². The lowest BCUT2D eigenvalue weighted by atomic mass is 9.94. The van der Waals surface area contributed by atoms with Crippen molar-refractivity contribution in [3.8, 4) is 33.8 Å². The molecule has 0 aliphatic carbocycles. The second kappa shape index (κ2) is 6.16. The Morgan fingerprint density at radius 2 is 1.89 bits per heavy atom. The number of nitrogens with two attached hydrogens (primary N) is 1. The molecule has 4 N–H and O–H groups in total. The molecule has 0 aliphatic rings. The number of furan rings is 1. The smallest absolute Gasteiger partial charge is 0.285 e. The third-order valence-corrected chi connectivity index (χ3v) is 4.53. The molecule has 0 atom stereocenters. The van der Waals surface area contributed by atoms with Gasteiger partial charge in [-0.1, -0.05) is 30.3 Å². The van der Waals surface area contributed by atoms with Crippen LogP contribution >= 0.6 is 0 Å². The van der Waals surface area contributed by atoms with Crippen LogP contribution in [0, 0.1) is 0 Å². The normalized spacial score (nSPS) is 11.1. The third-order valence-electron chi connectivity index (χ3n) is 4.53. The van der Waals surface area contributed by atoms with Gasteiger partial charge in [0.15, 0.2) is 5.76 Å². The van der Waals surface area contributed by atoms with Gasteiger partial charge in [-0.15, -0.1) is 10.2 Å². The van der Waals surface area contributed by atoms with E-state index in [1.165, 1.54) is 6.26 Å². The molecule has 0 saturated heterocycles. The Kier molecular flexibility index (Phi) is 3.51. The molecule has 0 aliphatic heterocycles. The summed E-state index contributed by atoms with van der Waals surface area (Å²) in [6.07, 6.45) is 1.43. The van der Waals surface area contributed by atoms with E-state index in [0.717, 1.165) is 33.3 Å². The van der Waals surface area contributed by atoms with Crippen molar-refractivity contribution in [2.75, 3.05) is 0 Å². The van der Waals surface area contributed by atoms with Crippen LogP contribution in [0.2, 0.25) is 0 Å². The first-order valence-corrected chi connectivity index (χ1v) is 8.41. The van der Waals surface area contributed by atoms with E-state index in [9.17, 15) is 4.79 Å². The molecule has 1 amide bonds. The van der Waals surface area contributed by atoms with Crippen LogP contribution in [0.15, 0.2) is 59.2 Å². The Hall–Kier alpha value is -4.27. The minimum atomic E-state index is -0.650. The third kappa shape index (κ3) is 2.45. The maximum Gasteiger partial charge on any atom is 0.285 e. The number of para-hydroxylation sites is 1. The van der Waals surface area contributed by atoms with Crippen molar-refractivity contribution in [1.82, 2.24) is 30.8 Å². The topological polar surface area (TPSA) is 139 Å². The fraction of sp³-hybridized carbons (Fsp3) is 0. The van der Waals surface area contributed by atoms with Crippen LogP contribution in [-0.2, 0) is 0 Å². The number of H-pyrrole nitrogens is 2. The average molecular weight is 371 g/mol. The molecular formula is C19H13N7O2. The molecule has 0 unspecified atom stereocenters. The highest BCUT2D eigenvalue weighted by atomic mass is 16.3. The maximum atomic E-state index is 11.8. The van der Waals surface area contributed by atoms with Gasteiger partial charge in [0, 0.05) is 22.1 Å². The molecule has 2 aromatic carbocycles. The predicted octanol–water partition coefficient (Wildman–Crippen LogP) is 2.77. The Morgan fingerprint density at radius 3 is 2.71 bits per heavy atom. The van der Waals surface area contributed by atoms with E-state index < -0.39 is 5.91 Å². The van der Waals surface area contributed by atoms with Crippen molar-refractivity contribution < 1.29 is 9.21 Å². The highest BCUT2D eigenvalue weighted by molar-refractivity contribution is 6.03. The molecular weight excluding hydrogens is 358 g/mol. The van der Waals surface area contributed by atoms with Crippen LogP contribution in [0.1, 0.15) is 10.6 Å². The molecule has 3 heterocycles. The number of tetrazole rings is 1. The number of hydrogen-bond donors (Lipinski definition) is 3. The van der Waals surface area contributed by atoms with Crippen molar-refractivity contribution in [3.63, 3.8) is 0 Å². The van der Waals surface area contributed by atoms with Crippen molar-refractivity contribution >= 4 is 16.8 Å². The largest absolute Gasteiger partial charge is 0.459 e. The molecule has 5 aromatic rings. The Labute approximate surface area is 157 Å². The van der Waals surface area contributed by atoms with Crippen LogP contribution in [-0.4, -0.2) is 36.7 Å². The SMILES string of the molecule is NC(=O)c1occc1-c1cc(-c2nn[nH]n2)ccc1-c1n[nH]c2ccccc12. The van der Waals surface area contributed by atoms with Gasteiger partial charge in [-0.25, -0.2) is 0 Å². The standard InChI is InChI=1S/C19H13N7O2/c20-18(27)17-12(7-8-28-17)14-9-10(19-23-25-26-24-19)5-6-11(14)16-13-3-1-2-4-15(13)21-22-16/h1-9H,(H2,20,27)(H,21,22)(H,23,24,25,26). The predicted molar refractivity (Wildman–Crippen MR) is 101 cm³/mol. The number of aromatic amines is 2. The molecule has 136 valence electrons. The summed E-state index contributed by atoms with van der Waals surface area (Å²) < 4.78 is 5.32. The lowest BCUT2D eigenvalue weighted by Crippen LogP contribution is -2.11. The monoisotopic (exact) mass is 371 g/mol. The first-order chi connectivity index (χ1) is 13.7. The van der Waals surface area contributed by atoms with E-state index in [0.29, 0.717) is 11.4 Å². The van der Waals surface area contributed by atoms with Gasteiger partial charge in [0.2, 0.25) is 5.82 Å². The Balaban J connectivity index is 1.79. The number of amides is 1.